The third kappa shape index (κ3) is 3.04. The molecule has 0 aliphatic carbocycles. The number of aryl methyl sites for hydroxylation is 2. The van der Waals surface area contributed by atoms with Crippen LogP contribution in [0.25, 0.3) is 11.3 Å². The Morgan fingerprint density at radius 3 is 2.69 bits per heavy atom. The zero-order valence-electron chi connectivity index (χ0n) is 14.6. The molecule has 3 heterocycles. The molecule has 0 radical (unpaired) electrons. The second-order valence-corrected chi connectivity index (χ2v) is 7.07. The minimum atomic E-state index is -0.0588. The van der Waals surface area contributed by atoms with E-state index in [0.29, 0.717) is 11.4 Å². The SMILES string of the molecule is Cc1ccccc1-n1ccnc1SCc1cc(=O)n2cccc(C)c2n1. The van der Waals surface area contributed by atoms with Crippen LogP contribution in [0.3, 0.4) is 0 Å². The molecule has 4 aromatic rings. The zero-order valence-corrected chi connectivity index (χ0v) is 15.4. The lowest BCUT2D eigenvalue weighted by Gasteiger charge is -2.10. The second kappa shape index (κ2) is 6.80. The summed E-state index contributed by atoms with van der Waals surface area (Å²) < 4.78 is 3.65. The first-order valence-electron chi connectivity index (χ1n) is 8.33. The smallest absolute Gasteiger partial charge is 0.258 e. The molecule has 5 nitrogen and oxygen atoms in total. The summed E-state index contributed by atoms with van der Waals surface area (Å²) >= 11 is 1.57. The highest BCUT2D eigenvalue weighted by Gasteiger charge is 2.10. The van der Waals surface area contributed by atoms with E-state index in [9.17, 15) is 4.79 Å². The van der Waals surface area contributed by atoms with Crippen molar-refractivity contribution in [1.82, 2.24) is 18.9 Å². The average molecular weight is 362 g/mol. The molecule has 0 unspecified atom stereocenters. The van der Waals surface area contributed by atoms with Gasteiger partial charge in [0.05, 0.1) is 11.4 Å². The highest BCUT2D eigenvalue weighted by atomic mass is 32.2. The Balaban J connectivity index is 1.64. The van der Waals surface area contributed by atoms with Crippen molar-refractivity contribution < 1.29 is 0 Å². The lowest BCUT2D eigenvalue weighted by Crippen LogP contribution is -2.15. The van der Waals surface area contributed by atoms with Crippen LogP contribution in [0.5, 0.6) is 0 Å². The highest BCUT2D eigenvalue weighted by molar-refractivity contribution is 7.98. The molecule has 0 saturated carbocycles. The maximum absolute atomic E-state index is 12.3. The molecule has 0 aliphatic rings. The van der Waals surface area contributed by atoms with E-state index in [0.717, 1.165) is 22.1 Å². The first-order chi connectivity index (χ1) is 12.6. The van der Waals surface area contributed by atoms with Gasteiger partial charge in [-0.1, -0.05) is 36.0 Å². The number of aromatic nitrogens is 4. The van der Waals surface area contributed by atoms with Gasteiger partial charge in [-0.05, 0) is 37.1 Å². The number of rotatable bonds is 4. The summed E-state index contributed by atoms with van der Waals surface area (Å²) in [7, 11) is 0. The number of hydrogen-bond acceptors (Lipinski definition) is 4. The van der Waals surface area contributed by atoms with Crippen LogP contribution in [-0.4, -0.2) is 18.9 Å². The predicted octanol–water partition coefficient (Wildman–Crippen LogP) is 3.79. The third-order valence-corrected chi connectivity index (χ3v) is 5.27. The Labute approximate surface area is 155 Å². The first-order valence-corrected chi connectivity index (χ1v) is 9.32. The minimum Gasteiger partial charge on any atom is -0.295 e. The van der Waals surface area contributed by atoms with Crippen LogP contribution >= 0.6 is 11.8 Å². The van der Waals surface area contributed by atoms with E-state index >= 15 is 0 Å². The van der Waals surface area contributed by atoms with Crippen molar-refractivity contribution in [3.8, 4) is 5.69 Å². The number of imidazole rings is 1. The van der Waals surface area contributed by atoms with Gasteiger partial charge < -0.3 is 0 Å². The van der Waals surface area contributed by atoms with E-state index in [1.54, 1.807) is 34.6 Å². The summed E-state index contributed by atoms with van der Waals surface area (Å²) in [6.07, 6.45) is 5.50. The van der Waals surface area contributed by atoms with Crippen LogP contribution in [0, 0.1) is 13.8 Å². The van der Waals surface area contributed by atoms with Crippen LogP contribution in [-0.2, 0) is 5.75 Å². The Kier molecular flexibility index (Phi) is 4.34. The predicted molar refractivity (Wildman–Crippen MR) is 104 cm³/mol. The number of thioether (sulfide) groups is 1. The topological polar surface area (TPSA) is 52.2 Å². The minimum absolute atomic E-state index is 0.0588. The Hall–Kier alpha value is -2.86. The quantitative estimate of drug-likeness (QED) is 0.518. The van der Waals surface area contributed by atoms with Crippen molar-refractivity contribution in [2.45, 2.75) is 24.8 Å². The van der Waals surface area contributed by atoms with Crippen molar-refractivity contribution >= 4 is 17.4 Å². The number of pyridine rings is 1. The highest BCUT2D eigenvalue weighted by Crippen LogP contribution is 2.25. The fourth-order valence-electron chi connectivity index (χ4n) is 2.93. The number of fused-ring (bicyclic) bond motifs is 1. The summed E-state index contributed by atoms with van der Waals surface area (Å²) in [6, 6.07) is 13.6. The van der Waals surface area contributed by atoms with Gasteiger partial charge in [0.2, 0.25) is 0 Å². The molecular weight excluding hydrogens is 344 g/mol. The molecule has 26 heavy (non-hydrogen) atoms. The molecule has 0 N–H and O–H groups in total. The normalized spacial score (nSPS) is 11.2. The second-order valence-electron chi connectivity index (χ2n) is 6.13. The fraction of sp³-hybridized carbons (Fsp3) is 0.150. The molecule has 0 fully saturated rings. The van der Waals surface area contributed by atoms with Crippen LogP contribution in [0.2, 0.25) is 0 Å². The molecule has 0 bridgehead atoms. The van der Waals surface area contributed by atoms with Crippen LogP contribution in [0.4, 0.5) is 0 Å². The third-order valence-electron chi connectivity index (χ3n) is 4.27. The van der Waals surface area contributed by atoms with E-state index in [4.69, 9.17) is 0 Å². The molecule has 3 aromatic heterocycles. The van der Waals surface area contributed by atoms with Gasteiger partial charge >= 0.3 is 0 Å². The van der Waals surface area contributed by atoms with E-state index in [2.05, 4.69) is 33.6 Å². The lowest BCUT2D eigenvalue weighted by atomic mass is 10.2. The molecule has 0 spiro atoms. The first kappa shape index (κ1) is 16.6. The maximum Gasteiger partial charge on any atom is 0.258 e. The largest absolute Gasteiger partial charge is 0.295 e. The van der Waals surface area contributed by atoms with Crippen molar-refractivity contribution in [3.63, 3.8) is 0 Å². The van der Waals surface area contributed by atoms with Crippen molar-refractivity contribution in [3.05, 3.63) is 88.2 Å². The fourth-order valence-corrected chi connectivity index (χ4v) is 3.79. The van der Waals surface area contributed by atoms with Gasteiger partial charge in [-0.25, -0.2) is 9.97 Å². The van der Waals surface area contributed by atoms with Crippen LogP contribution < -0.4 is 5.56 Å². The van der Waals surface area contributed by atoms with Gasteiger partial charge in [0.25, 0.3) is 5.56 Å². The Morgan fingerprint density at radius 1 is 1.04 bits per heavy atom. The van der Waals surface area contributed by atoms with Gasteiger partial charge in [0, 0.05) is 30.4 Å². The summed E-state index contributed by atoms with van der Waals surface area (Å²) in [4.78, 5) is 21.5. The Bertz CT molecular complexity index is 1150. The molecule has 130 valence electrons. The standard InChI is InChI=1S/C20H18N4OS/c1-14-6-3-4-8-17(14)23-11-9-21-20(23)26-13-16-12-18(25)24-10-5-7-15(2)19(24)22-16/h3-12H,13H2,1-2H3. The number of para-hydroxylation sites is 1. The van der Waals surface area contributed by atoms with Crippen molar-refractivity contribution in [2.75, 3.05) is 0 Å². The van der Waals surface area contributed by atoms with Crippen LogP contribution in [0.1, 0.15) is 16.8 Å². The molecule has 0 aliphatic heterocycles. The molecule has 0 amide bonds. The van der Waals surface area contributed by atoms with Crippen molar-refractivity contribution in [2.24, 2.45) is 0 Å². The van der Waals surface area contributed by atoms with Gasteiger partial charge in [0.15, 0.2) is 5.16 Å². The van der Waals surface area contributed by atoms with Crippen molar-refractivity contribution in [1.29, 1.82) is 0 Å². The van der Waals surface area contributed by atoms with Gasteiger partial charge in [-0.2, -0.15) is 0 Å². The lowest BCUT2D eigenvalue weighted by molar-refractivity contribution is 0.886. The van der Waals surface area contributed by atoms with Gasteiger partial charge in [-0.15, -0.1) is 0 Å². The van der Waals surface area contributed by atoms with Crippen LogP contribution in [0.15, 0.2) is 71.0 Å². The zero-order chi connectivity index (χ0) is 18.1. The monoisotopic (exact) mass is 362 g/mol. The molecule has 6 heteroatoms. The van der Waals surface area contributed by atoms with E-state index in [-0.39, 0.29) is 5.56 Å². The van der Waals surface area contributed by atoms with Gasteiger partial charge in [0.1, 0.15) is 5.65 Å². The molecule has 4 rings (SSSR count). The van der Waals surface area contributed by atoms with E-state index < -0.39 is 0 Å². The molecular formula is C20H18N4OS. The summed E-state index contributed by atoms with van der Waals surface area (Å²) in [5.74, 6) is 0.586. The summed E-state index contributed by atoms with van der Waals surface area (Å²) in [5, 5.41) is 0.881. The number of benzene rings is 1. The average Bonchev–Trinajstić information content (AvgIpc) is 3.10. The summed E-state index contributed by atoms with van der Waals surface area (Å²) in [5.41, 5.74) is 4.68. The number of hydrogen-bond donors (Lipinski definition) is 0. The number of nitrogens with zero attached hydrogens (tertiary/aromatic N) is 4. The molecule has 0 saturated heterocycles. The van der Waals surface area contributed by atoms with Gasteiger partial charge in [-0.3, -0.25) is 13.8 Å². The molecule has 0 atom stereocenters. The maximum atomic E-state index is 12.3. The Morgan fingerprint density at radius 2 is 1.85 bits per heavy atom. The van der Waals surface area contributed by atoms with E-state index in [1.165, 1.54) is 5.56 Å². The molecule has 1 aromatic carbocycles. The van der Waals surface area contributed by atoms with E-state index in [1.807, 2.05) is 37.4 Å². The summed E-state index contributed by atoms with van der Waals surface area (Å²) in [6.45, 7) is 4.04.